The lowest BCUT2D eigenvalue weighted by molar-refractivity contribution is 0.0698. The highest BCUT2D eigenvalue weighted by molar-refractivity contribution is 7.90. The van der Waals surface area contributed by atoms with Crippen molar-refractivity contribution in [2.45, 2.75) is 18.7 Å². The molecule has 0 saturated carbocycles. The summed E-state index contributed by atoms with van der Waals surface area (Å²) in [5.41, 5.74) is 0. The fourth-order valence-electron chi connectivity index (χ4n) is 1.78. The number of hydrogen-bond donors (Lipinski definition) is 2. The van der Waals surface area contributed by atoms with Gasteiger partial charge in [0.1, 0.15) is 9.77 Å². The Hall–Kier alpha value is -1.44. The van der Waals surface area contributed by atoms with Gasteiger partial charge in [-0.3, -0.25) is 0 Å². The monoisotopic (exact) mass is 313 g/mol. The molecule has 20 heavy (non-hydrogen) atoms. The number of sulfonamides is 1. The van der Waals surface area contributed by atoms with Gasteiger partial charge in [-0.2, -0.15) is 0 Å². The number of aromatic carboxylic acids is 1. The molecule has 2 N–H and O–H groups in total. The van der Waals surface area contributed by atoms with E-state index in [1.807, 2.05) is 13.8 Å². The Morgan fingerprint density at radius 1 is 1.35 bits per heavy atom. The zero-order valence-electron chi connectivity index (χ0n) is 11.1. The topological polar surface area (TPSA) is 83.5 Å². The average molecular weight is 313 g/mol. The van der Waals surface area contributed by atoms with Gasteiger partial charge in [0.05, 0.1) is 0 Å². The second kappa shape index (κ2) is 5.51. The first kappa shape index (κ1) is 15.0. The maximum absolute atomic E-state index is 12.4. The van der Waals surface area contributed by atoms with Crippen LogP contribution in [0.5, 0.6) is 0 Å². The van der Waals surface area contributed by atoms with Gasteiger partial charge in [0.2, 0.25) is 10.0 Å². The van der Waals surface area contributed by atoms with E-state index in [4.69, 9.17) is 0 Å². The molecule has 0 radical (unpaired) electrons. The van der Waals surface area contributed by atoms with Gasteiger partial charge >= 0.3 is 5.97 Å². The number of carboxylic acid groups (broad SMARTS) is 1. The van der Waals surface area contributed by atoms with Gasteiger partial charge in [-0.05, 0) is 12.0 Å². The number of benzene rings is 1. The van der Waals surface area contributed by atoms with E-state index in [0.717, 1.165) is 11.3 Å². The van der Waals surface area contributed by atoms with Gasteiger partial charge in [0.25, 0.3) is 0 Å². The van der Waals surface area contributed by atoms with Crippen molar-refractivity contribution in [3.05, 3.63) is 29.1 Å². The molecule has 0 spiro atoms. The molecule has 0 saturated heterocycles. The minimum absolute atomic E-state index is 0.133. The van der Waals surface area contributed by atoms with E-state index in [1.54, 1.807) is 24.3 Å². The van der Waals surface area contributed by atoms with Gasteiger partial charge in [-0.25, -0.2) is 17.9 Å². The van der Waals surface area contributed by atoms with Crippen LogP contribution in [0, 0.1) is 5.92 Å². The van der Waals surface area contributed by atoms with Crippen molar-refractivity contribution >= 4 is 37.4 Å². The molecule has 0 bridgehead atoms. The normalized spacial score (nSPS) is 12.2. The molecule has 2 rings (SSSR count). The molecular weight excluding hydrogens is 298 g/mol. The molecule has 1 heterocycles. The summed E-state index contributed by atoms with van der Waals surface area (Å²) in [6.45, 7) is 4.03. The summed E-state index contributed by atoms with van der Waals surface area (Å²) < 4.78 is 27.9. The maximum atomic E-state index is 12.4. The van der Waals surface area contributed by atoms with Crippen LogP contribution in [0.15, 0.2) is 29.2 Å². The Morgan fingerprint density at radius 3 is 2.60 bits per heavy atom. The van der Waals surface area contributed by atoms with Crippen LogP contribution >= 0.6 is 11.3 Å². The lowest BCUT2D eigenvalue weighted by Gasteiger charge is -2.09. The smallest absolute Gasteiger partial charge is 0.347 e. The van der Waals surface area contributed by atoms with Crippen molar-refractivity contribution in [3.63, 3.8) is 0 Å². The van der Waals surface area contributed by atoms with Crippen molar-refractivity contribution in [2.75, 3.05) is 6.54 Å². The van der Waals surface area contributed by atoms with Crippen LogP contribution in [0.4, 0.5) is 0 Å². The third-order valence-electron chi connectivity index (χ3n) is 2.69. The van der Waals surface area contributed by atoms with Crippen LogP contribution in [-0.2, 0) is 10.0 Å². The minimum Gasteiger partial charge on any atom is -0.477 e. The molecule has 0 aliphatic carbocycles. The Balaban J connectivity index is 2.62. The predicted octanol–water partition coefficient (Wildman–Crippen LogP) is 2.53. The first-order valence-electron chi connectivity index (χ1n) is 6.07. The molecule has 0 unspecified atom stereocenters. The summed E-state index contributed by atoms with van der Waals surface area (Å²) in [5, 5.41) is 9.68. The fourth-order valence-corrected chi connectivity index (χ4v) is 4.73. The van der Waals surface area contributed by atoms with Crippen molar-refractivity contribution in [1.82, 2.24) is 4.72 Å². The number of carboxylic acids is 1. The molecule has 0 aliphatic rings. The second-order valence-electron chi connectivity index (χ2n) is 4.81. The zero-order chi connectivity index (χ0) is 14.9. The van der Waals surface area contributed by atoms with Crippen LogP contribution in [0.25, 0.3) is 10.1 Å². The van der Waals surface area contributed by atoms with E-state index < -0.39 is 16.0 Å². The summed E-state index contributed by atoms with van der Waals surface area (Å²) >= 11 is 0.974. The van der Waals surface area contributed by atoms with Gasteiger partial charge in [0, 0.05) is 16.6 Å². The van der Waals surface area contributed by atoms with Crippen molar-refractivity contribution in [1.29, 1.82) is 0 Å². The zero-order valence-corrected chi connectivity index (χ0v) is 12.7. The van der Waals surface area contributed by atoms with E-state index in [-0.39, 0.29) is 22.2 Å². The third-order valence-corrected chi connectivity index (χ3v) is 5.49. The highest BCUT2D eigenvalue weighted by Gasteiger charge is 2.27. The largest absolute Gasteiger partial charge is 0.477 e. The van der Waals surface area contributed by atoms with Gasteiger partial charge in [-0.1, -0.05) is 32.0 Å². The predicted molar refractivity (Wildman–Crippen MR) is 78.8 cm³/mol. The first-order chi connectivity index (χ1) is 9.33. The van der Waals surface area contributed by atoms with E-state index in [1.165, 1.54) is 0 Å². The lowest BCUT2D eigenvalue weighted by Crippen LogP contribution is -2.28. The number of rotatable bonds is 5. The van der Waals surface area contributed by atoms with Crippen LogP contribution < -0.4 is 4.72 Å². The Bertz CT molecular complexity index is 747. The standard InChI is InChI=1S/C13H15NO4S2/c1-8(2)7-14-20(17,18)12-9-5-3-4-6-10(9)19-11(12)13(15)16/h3-6,8,14H,7H2,1-2H3,(H,15,16). The highest BCUT2D eigenvalue weighted by Crippen LogP contribution is 2.34. The molecule has 108 valence electrons. The Morgan fingerprint density at radius 2 is 2.00 bits per heavy atom. The lowest BCUT2D eigenvalue weighted by atomic mass is 10.2. The molecular formula is C13H15NO4S2. The van der Waals surface area contributed by atoms with Crippen LogP contribution in [-0.4, -0.2) is 26.0 Å². The molecule has 0 fully saturated rings. The summed E-state index contributed by atoms with van der Waals surface area (Å²) in [4.78, 5) is 11.0. The summed E-state index contributed by atoms with van der Waals surface area (Å²) in [7, 11) is -3.83. The van der Waals surface area contributed by atoms with Gasteiger partial charge < -0.3 is 5.11 Å². The van der Waals surface area contributed by atoms with Crippen LogP contribution in [0.2, 0.25) is 0 Å². The summed E-state index contributed by atoms with van der Waals surface area (Å²) in [6, 6.07) is 6.79. The molecule has 0 atom stereocenters. The second-order valence-corrected chi connectivity index (χ2v) is 7.56. The minimum atomic E-state index is -3.83. The summed E-state index contributed by atoms with van der Waals surface area (Å²) in [5.74, 6) is -1.08. The van der Waals surface area contributed by atoms with E-state index >= 15 is 0 Å². The van der Waals surface area contributed by atoms with E-state index in [9.17, 15) is 18.3 Å². The first-order valence-corrected chi connectivity index (χ1v) is 8.37. The fraction of sp³-hybridized carbons (Fsp3) is 0.308. The molecule has 2 aromatic rings. The number of thiophene rings is 1. The Kier molecular flexibility index (Phi) is 4.12. The summed E-state index contributed by atoms with van der Waals surface area (Å²) in [6.07, 6.45) is 0. The SMILES string of the molecule is CC(C)CNS(=O)(=O)c1c(C(=O)O)sc2ccccc12. The van der Waals surface area contributed by atoms with E-state index in [0.29, 0.717) is 10.1 Å². The van der Waals surface area contributed by atoms with Crippen molar-refractivity contribution in [2.24, 2.45) is 5.92 Å². The van der Waals surface area contributed by atoms with Crippen LogP contribution in [0.1, 0.15) is 23.5 Å². The van der Waals surface area contributed by atoms with Crippen LogP contribution in [0.3, 0.4) is 0 Å². The molecule has 1 aromatic heterocycles. The number of fused-ring (bicyclic) bond motifs is 1. The van der Waals surface area contributed by atoms with Crippen molar-refractivity contribution in [3.8, 4) is 0 Å². The van der Waals surface area contributed by atoms with Gasteiger partial charge in [-0.15, -0.1) is 11.3 Å². The molecule has 7 heteroatoms. The third kappa shape index (κ3) is 2.84. The number of carbonyl (C=O) groups is 1. The Labute approximate surface area is 121 Å². The molecule has 0 amide bonds. The maximum Gasteiger partial charge on any atom is 0.347 e. The molecule has 5 nitrogen and oxygen atoms in total. The molecule has 1 aromatic carbocycles. The van der Waals surface area contributed by atoms with Gasteiger partial charge in [0.15, 0.2) is 0 Å². The molecule has 0 aliphatic heterocycles. The highest BCUT2D eigenvalue weighted by atomic mass is 32.2. The number of hydrogen-bond acceptors (Lipinski definition) is 4. The van der Waals surface area contributed by atoms with E-state index in [2.05, 4.69) is 4.72 Å². The number of nitrogens with one attached hydrogen (secondary N) is 1. The van der Waals surface area contributed by atoms with Crippen molar-refractivity contribution < 1.29 is 18.3 Å². The average Bonchev–Trinajstić information content (AvgIpc) is 2.76. The quantitative estimate of drug-likeness (QED) is 0.888.